The fourth-order valence-corrected chi connectivity index (χ4v) is 1.89. The van der Waals surface area contributed by atoms with Crippen molar-refractivity contribution in [1.82, 2.24) is 0 Å². The van der Waals surface area contributed by atoms with Crippen LogP contribution in [-0.4, -0.2) is 19.0 Å². The van der Waals surface area contributed by atoms with Gasteiger partial charge in [0.1, 0.15) is 5.75 Å². The molecule has 0 amide bonds. The third-order valence-corrected chi connectivity index (χ3v) is 2.87. The SMILES string of the molecule is CCCC(=O)Oc1ccccc1C(CC)C(=O)OC. The van der Waals surface area contributed by atoms with Crippen LogP contribution in [0.15, 0.2) is 24.3 Å². The number of methoxy groups -OCH3 is 1. The van der Waals surface area contributed by atoms with Gasteiger partial charge < -0.3 is 9.47 Å². The van der Waals surface area contributed by atoms with E-state index in [0.29, 0.717) is 24.2 Å². The van der Waals surface area contributed by atoms with Gasteiger partial charge in [-0.05, 0) is 18.9 Å². The third kappa shape index (κ3) is 4.09. The van der Waals surface area contributed by atoms with Gasteiger partial charge in [-0.25, -0.2) is 0 Å². The van der Waals surface area contributed by atoms with Gasteiger partial charge in [-0.3, -0.25) is 9.59 Å². The normalized spacial score (nSPS) is 11.7. The van der Waals surface area contributed by atoms with Crippen LogP contribution in [0, 0.1) is 0 Å². The molecule has 0 fully saturated rings. The first-order valence-electron chi connectivity index (χ1n) is 6.51. The molecular weight excluding hydrogens is 244 g/mol. The van der Waals surface area contributed by atoms with Crippen molar-refractivity contribution in [3.8, 4) is 5.75 Å². The Morgan fingerprint density at radius 1 is 1.21 bits per heavy atom. The van der Waals surface area contributed by atoms with Gasteiger partial charge in [-0.2, -0.15) is 0 Å². The highest BCUT2D eigenvalue weighted by Crippen LogP contribution is 2.30. The van der Waals surface area contributed by atoms with E-state index in [-0.39, 0.29) is 11.9 Å². The summed E-state index contributed by atoms with van der Waals surface area (Å²) in [5.74, 6) is -0.565. The number of benzene rings is 1. The second-order valence-corrected chi connectivity index (χ2v) is 4.25. The number of esters is 2. The minimum atomic E-state index is -0.407. The van der Waals surface area contributed by atoms with E-state index >= 15 is 0 Å². The highest BCUT2D eigenvalue weighted by Gasteiger charge is 2.23. The molecule has 0 aliphatic rings. The fraction of sp³-hybridized carbons (Fsp3) is 0.467. The zero-order valence-corrected chi connectivity index (χ0v) is 11.6. The molecule has 1 aromatic carbocycles. The van der Waals surface area contributed by atoms with Gasteiger partial charge in [-0.1, -0.05) is 32.0 Å². The van der Waals surface area contributed by atoms with Gasteiger partial charge in [-0.15, -0.1) is 0 Å². The first-order chi connectivity index (χ1) is 9.13. The summed E-state index contributed by atoms with van der Waals surface area (Å²) in [6.07, 6.45) is 1.69. The molecule has 0 radical (unpaired) electrons. The van der Waals surface area contributed by atoms with E-state index in [4.69, 9.17) is 9.47 Å². The molecule has 1 atom stereocenters. The first kappa shape index (κ1) is 15.2. The predicted octanol–water partition coefficient (Wildman–Crippen LogP) is 3.06. The second kappa shape index (κ2) is 7.56. The smallest absolute Gasteiger partial charge is 0.313 e. The molecular formula is C15H20O4. The van der Waals surface area contributed by atoms with Gasteiger partial charge in [0.2, 0.25) is 0 Å². The first-order valence-corrected chi connectivity index (χ1v) is 6.51. The van der Waals surface area contributed by atoms with Crippen molar-refractivity contribution in [3.63, 3.8) is 0 Å². The third-order valence-electron chi connectivity index (χ3n) is 2.87. The summed E-state index contributed by atoms with van der Waals surface area (Å²) < 4.78 is 10.1. The lowest BCUT2D eigenvalue weighted by atomic mass is 9.96. The summed E-state index contributed by atoms with van der Waals surface area (Å²) in [6, 6.07) is 7.09. The van der Waals surface area contributed by atoms with Crippen molar-refractivity contribution in [2.45, 2.75) is 39.0 Å². The van der Waals surface area contributed by atoms with Crippen molar-refractivity contribution >= 4 is 11.9 Å². The summed E-state index contributed by atoms with van der Waals surface area (Å²) in [7, 11) is 1.36. The Labute approximate surface area is 113 Å². The highest BCUT2D eigenvalue weighted by atomic mass is 16.5. The van der Waals surface area contributed by atoms with E-state index in [1.165, 1.54) is 7.11 Å². The molecule has 0 heterocycles. The average molecular weight is 264 g/mol. The van der Waals surface area contributed by atoms with E-state index in [0.717, 1.165) is 6.42 Å². The molecule has 1 rings (SSSR count). The zero-order chi connectivity index (χ0) is 14.3. The fourth-order valence-electron chi connectivity index (χ4n) is 1.89. The molecule has 0 aromatic heterocycles. The van der Waals surface area contributed by atoms with Crippen LogP contribution in [-0.2, 0) is 14.3 Å². The largest absolute Gasteiger partial charge is 0.469 e. The summed E-state index contributed by atoms with van der Waals surface area (Å²) in [5.41, 5.74) is 0.696. The van der Waals surface area contributed by atoms with Gasteiger partial charge in [0, 0.05) is 12.0 Å². The molecule has 0 aliphatic heterocycles. The number of rotatable bonds is 6. The highest BCUT2D eigenvalue weighted by molar-refractivity contribution is 5.80. The summed E-state index contributed by atoms with van der Waals surface area (Å²) >= 11 is 0. The van der Waals surface area contributed by atoms with Crippen molar-refractivity contribution in [3.05, 3.63) is 29.8 Å². The van der Waals surface area contributed by atoms with Gasteiger partial charge in [0.25, 0.3) is 0 Å². The van der Waals surface area contributed by atoms with Crippen LogP contribution in [0.1, 0.15) is 44.6 Å². The lowest BCUT2D eigenvalue weighted by Gasteiger charge is -2.16. The topological polar surface area (TPSA) is 52.6 Å². The Morgan fingerprint density at radius 3 is 2.47 bits per heavy atom. The second-order valence-electron chi connectivity index (χ2n) is 4.25. The summed E-state index contributed by atoms with van der Waals surface area (Å²) in [6.45, 7) is 3.81. The molecule has 0 saturated carbocycles. The Bertz CT molecular complexity index is 440. The van der Waals surface area contributed by atoms with Crippen LogP contribution < -0.4 is 4.74 Å². The van der Waals surface area contributed by atoms with E-state index in [1.807, 2.05) is 19.9 Å². The Hall–Kier alpha value is -1.84. The Kier molecular flexibility index (Phi) is 6.06. The lowest BCUT2D eigenvalue weighted by molar-refractivity contribution is -0.143. The maximum atomic E-state index is 11.7. The van der Waals surface area contributed by atoms with E-state index < -0.39 is 5.92 Å². The standard InChI is InChI=1S/C15H20O4/c1-4-8-14(16)19-13-10-7-6-9-12(13)11(5-2)15(17)18-3/h6-7,9-11H,4-5,8H2,1-3H3. The molecule has 1 aromatic rings. The number of hydrogen-bond acceptors (Lipinski definition) is 4. The van der Waals surface area contributed by atoms with Crippen LogP contribution in [0.5, 0.6) is 5.75 Å². The van der Waals surface area contributed by atoms with E-state index in [9.17, 15) is 9.59 Å². The maximum Gasteiger partial charge on any atom is 0.313 e. The predicted molar refractivity (Wildman–Crippen MR) is 72.0 cm³/mol. The summed E-state index contributed by atoms with van der Waals surface area (Å²) in [5, 5.41) is 0. The number of carbonyl (C=O) groups is 2. The van der Waals surface area contributed by atoms with Gasteiger partial charge in [0.05, 0.1) is 13.0 Å². The van der Waals surface area contributed by atoms with Crippen molar-refractivity contribution in [2.24, 2.45) is 0 Å². The van der Waals surface area contributed by atoms with Crippen molar-refractivity contribution < 1.29 is 19.1 Å². The molecule has 0 bridgehead atoms. The van der Waals surface area contributed by atoms with Crippen molar-refractivity contribution in [1.29, 1.82) is 0 Å². The minimum absolute atomic E-state index is 0.283. The van der Waals surface area contributed by atoms with Crippen LogP contribution in [0.2, 0.25) is 0 Å². The number of ether oxygens (including phenoxy) is 2. The number of para-hydroxylation sites is 1. The molecule has 4 heteroatoms. The molecule has 0 saturated heterocycles. The molecule has 4 nitrogen and oxygen atoms in total. The number of hydrogen-bond donors (Lipinski definition) is 0. The molecule has 1 unspecified atom stereocenters. The molecule has 0 N–H and O–H groups in total. The average Bonchev–Trinajstić information content (AvgIpc) is 2.41. The Balaban J connectivity index is 3.00. The van der Waals surface area contributed by atoms with Crippen LogP contribution >= 0.6 is 0 Å². The Morgan fingerprint density at radius 2 is 1.89 bits per heavy atom. The van der Waals surface area contributed by atoms with Crippen LogP contribution in [0.3, 0.4) is 0 Å². The van der Waals surface area contributed by atoms with E-state index in [2.05, 4.69) is 0 Å². The van der Waals surface area contributed by atoms with Crippen LogP contribution in [0.4, 0.5) is 0 Å². The zero-order valence-electron chi connectivity index (χ0n) is 11.6. The molecule has 0 spiro atoms. The lowest BCUT2D eigenvalue weighted by Crippen LogP contribution is -2.16. The van der Waals surface area contributed by atoms with Gasteiger partial charge in [0.15, 0.2) is 0 Å². The van der Waals surface area contributed by atoms with E-state index in [1.54, 1.807) is 18.2 Å². The van der Waals surface area contributed by atoms with Gasteiger partial charge >= 0.3 is 11.9 Å². The monoisotopic (exact) mass is 264 g/mol. The minimum Gasteiger partial charge on any atom is -0.469 e. The molecule has 19 heavy (non-hydrogen) atoms. The number of carbonyl (C=O) groups excluding carboxylic acids is 2. The maximum absolute atomic E-state index is 11.7. The van der Waals surface area contributed by atoms with Crippen LogP contribution in [0.25, 0.3) is 0 Å². The molecule has 104 valence electrons. The van der Waals surface area contributed by atoms with Crippen molar-refractivity contribution in [2.75, 3.05) is 7.11 Å². The quantitative estimate of drug-likeness (QED) is 0.585. The molecule has 0 aliphatic carbocycles. The summed E-state index contributed by atoms with van der Waals surface area (Å²) in [4.78, 5) is 23.3.